The summed E-state index contributed by atoms with van der Waals surface area (Å²) in [5.41, 5.74) is 0.647. The number of hydrogen-bond acceptors (Lipinski definition) is 2. The zero-order chi connectivity index (χ0) is 13.5. The predicted octanol–water partition coefficient (Wildman–Crippen LogP) is 2.91. The second-order valence-corrected chi connectivity index (χ2v) is 4.33. The lowest BCUT2D eigenvalue weighted by Gasteiger charge is -2.26. The lowest BCUT2D eigenvalue weighted by Crippen LogP contribution is -2.42. The number of benzene rings is 1. The molecule has 1 rings (SSSR count). The summed E-state index contributed by atoms with van der Waals surface area (Å²) in [6, 6.07) is 3.69. The Hall–Kier alpha value is -1.00. The fraction of sp³-hybridized carbons (Fsp3) is 0.571. The van der Waals surface area contributed by atoms with Crippen LogP contribution in [0.4, 0.5) is 8.78 Å². The van der Waals surface area contributed by atoms with Crippen LogP contribution in [0.3, 0.4) is 0 Å². The Morgan fingerprint density at radius 2 is 1.78 bits per heavy atom. The molecule has 1 N–H and O–H groups in total. The van der Waals surface area contributed by atoms with Gasteiger partial charge in [-0.1, -0.05) is 13.8 Å². The summed E-state index contributed by atoms with van der Waals surface area (Å²) in [6.45, 7) is 4.83. The Balaban J connectivity index is 2.81. The van der Waals surface area contributed by atoms with Crippen molar-refractivity contribution in [2.75, 3.05) is 13.7 Å². The minimum Gasteiger partial charge on any atom is -0.380 e. The standard InChI is InChI=1S/C14H21F2NO/c1-4-14(18-3)13(17-5-2)8-10-6-11(15)9-12(16)7-10/h6-7,9,13-14,17H,4-5,8H2,1-3H3. The van der Waals surface area contributed by atoms with Gasteiger partial charge in [0.05, 0.1) is 6.10 Å². The Bertz CT molecular complexity index is 347. The smallest absolute Gasteiger partial charge is 0.126 e. The third-order valence-electron chi connectivity index (χ3n) is 3.00. The van der Waals surface area contributed by atoms with Crippen molar-refractivity contribution in [2.45, 2.75) is 38.8 Å². The van der Waals surface area contributed by atoms with Crippen molar-refractivity contribution in [3.8, 4) is 0 Å². The Morgan fingerprint density at radius 3 is 2.22 bits per heavy atom. The summed E-state index contributed by atoms with van der Waals surface area (Å²) >= 11 is 0. The summed E-state index contributed by atoms with van der Waals surface area (Å²) in [7, 11) is 1.66. The van der Waals surface area contributed by atoms with E-state index in [0.29, 0.717) is 12.0 Å². The van der Waals surface area contributed by atoms with Gasteiger partial charge >= 0.3 is 0 Å². The fourth-order valence-corrected chi connectivity index (χ4v) is 2.20. The minimum absolute atomic E-state index is 0.0382. The first-order chi connectivity index (χ1) is 8.60. The highest BCUT2D eigenvalue weighted by molar-refractivity contribution is 5.19. The zero-order valence-electron chi connectivity index (χ0n) is 11.2. The topological polar surface area (TPSA) is 21.3 Å². The third kappa shape index (κ3) is 4.35. The van der Waals surface area contributed by atoms with Crippen molar-refractivity contribution >= 4 is 0 Å². The molecule has 18 heavy (non-hydrogen) atoms. The van der Waals surface area contributed by atoms with E-state index < -0.39 is 11.6 Å². The minimum atomic E-state index is -0.536. The molecule has 0 aliphatic carbocycles. The number of rotatable bonds is 7. The molecule has 0 saturated carbocycles. The number of nitrogens with one attached hydrogen (secondary N) is 1. The van der Waals surface area contributed by atoms with Crippen molar-refractivity contribution in [2.24, 2.45) is 0 Å². The molecule has 1 aromatic rings. The van der Waals surface area contributed by atoms with Gasteiger partial charge in [-0.05, 0) is 37.1 Å². The van der Waals surface area contributed by atoms with Gasteiger partial charge in [0, 0.05) is 19.2 Å². The number of hydrogen-bond donors (Lipinski definition) is 1. The average molecular weight is 257 g/mol. The molecule has 0 bridgehead atoms. The van der Waals surface area contributed by atoms with E-state index in [9.17, 15) is 8.78 Å². The molecule has 2 nitrogen and oxygen atoms in total. The molecule has 0 amide bonds. The van der Waals surface area contributed by atoms with Crippen LogP contribution in [0.5, 0.6) is 0 Å². The van der Waals surface area contributed by atoms with Gasteiger partial charge in [-0.15, -0.1) is 0 Å². The molecule has 4 heteroatoms. The number of halogens is 2. The molecule has 1 aromatic carbocycles. The second kappa shape index (κ2) is 7.44. The first-order valence-corrected chi connectivity index (χ1v) is 6.31. The SMILES string of the molecule is CCNC(Cc1cc(F)cc(F)c1)C(CC)OC. The van der Waals surface area contributed by atoms with Crippen LogP contribution in [0, 0.1) is 11.6 Å². The summed E-state index contributed by atoms with van der Waals surface area (Å²) in [5, 5.41) is 3.30. The van der Waals surface area contributed by atoms with E-state index in [1.54, 1.807) is 7.11 Å². The Morgan fingerprint density at radius 1 is 1.17 bits per heavy atom. The van der Waals surface area contributed by atoms with E-state index in [1.165, 1.54) is 12.1 Å². The largest absolute Gasteiger partial charge is 0.380 e. The van der Waals surface area contributed by atoms with Gasteiger partial charge < -0.3 is 10.1 Å². The number of methoxy groups -OCH3 is 1. The van der Waals surface area contributed by atoms with Gasteiger partial charge in [0.25, 0.3) is 0 Å². The molecule has 2 unspecified atom stereocenters. The van der Waals surface area contributed by atoms with Gasteiger partial charge in [0.2, 0.25) is 0 Å². The van der Waals surface area contributed by atoms with Gasteiger partial charge in [-0.3, -0.25) is 0 Å². The molecule has 0 spiro atoms. The van der Waals surface area contributed by atoms with Crippen LogP contribution in [-0.4, -0.2) is 25.8 Å². The first kappa shape index (κ1) is 15.1. The van der Waals surface area contributed by atoms with Gasteiger partial charge in [0.15, 0.2) is 0 Å². The van der Waals surface area contributed by atoms with Crippen molar-refractivity contribution in [3.63, 3.8) is 0 Å². The normalized spacial score (nSPS) is 14.5. The van der Waals surface area contributed by atoms with E-state index in [1.807, 2.05) is 13.8 Å². The summed E-state index contributed by atoms with van der Waals surface area (Å²) in [5.74, 6) is -1.07. The maximum Gasteiger partial charge on any atom is 0.126 e. The molecular weight excluding hydrogens is 236 g/mol. The van der Waals surface area contributed by atoms with Gasteiger partial charge in [-0.2, -0.15) is 0 Å². The van der Waals surface area contributed by atoms with E-state index in [4.69, 9.17) is 4.74 Å². The van der Waals surface area contributed by atoms with E-state index in [-0.39, 0.29) is 12.1 Å². The number of likely N-dealkylation sites (N-methyl/N-ethyl adjacent to an activating group) is 1. The second-order valence-electron chi connectivity index (χ2n) is 4.33. The van der Waals surface area contributed by atoms with Crippen LogP contribution < -0.4 is 5.32 Å². The highest BCUT2D eigenvalue weighted by Crippen LogP contribution is 2.14. The van der Waals surface area contributed by atoms with Gasteiger partial charge in [0.1, 0.15) is 11.6 Å². The fourth-order valence-electron chi connectivity index (χ4n) is 2.20. The van der Waals surface area contributed by atoms with E-state index in [2.05, 4.69) is 5.32 Å². The van der Waals surface area contributed by atoms with Crippen molar-refractivity contribution in [1.29, 1.82) is 0 Å². The lowest BCUT2D eigenvalue weighted by molar-refractivity contribution is 0.0658. The highest BCUT2D eigenvalue weighted by atomic mass is 19.1. The lowest BCUT2D eigenvalue weighted by atomic mass is 9.99. The maximum absolute atomic E-state index is 13.1. The molecule has 0 saturated heterocycles. The monoisotopic (exact) mass is 257 g/mol. The molecule has 0 heterocycles. The third-order valence-corrected chi connectivity index (χ3v) is 3.00. The quantitative estimate of drug-likeness (QED) is 0.811. The maximum atomic E-state index is 13.1. The molecule has 0 aliphatic heterocycles. The summed E-state index contributed by atoms with van der Waals surface area (Å²) in [6.07, 6.45) is 1.44. The van der Waals surface area contributed by atoms with Crippen LogP contribution >= 0.6 is 0 Å². The molecule has 0 radical (unpaired) electrons. The van der Waals surface area contributed by atoms with Crippen LogP contribution in [0.1, 0.15) is 25.8 Å². The molecule has 102 valence electrons. The summed E-state index contributed by atoms with van der Waals surface area (Å²) in [4.78, 5) is 0. The van der Waals surface area contributed by atoms with Crippen molar-refractivity contribution in [3.05, 3.63) is 35.4 Å². The van der Waals surface area contributed by atoms with E-state index >= 15 is 0 Å². The molecule has 0 aliphatic rings. The van der Waals surface area contributed by atoms with Crippen molar-refractivity contribution < 1.29 is 13.5 Å². The predicted molar refractivity (Wildman–Crippen MR) is 68.6 cm³/mol. The molecule has 0 fully saturated rings. The highest BCUT2D eigenvalue weighted by Gasteiger charge is 2.19. The molecule has 2 atom stereocenters. The zero-order valence-corrected chi connectivity index (χ0v) is 11.2. The van der Waals surface area contributed by atoms with Gasteiger partial charge in [-0.25, -0.2) is 8.78 Å². The molecule has 0 aromatic heterocycles. The summed E-state index contributed by atoms with van der Waals surface area (Å²) < 4.78 is 31.7. The van der Waals surface area contributed by atoms with Crippen LogP contribution in [-0.2, 0) is 11.2 Å². The van der Waals surface area contributed by atoms with Crippen LogP contribution in [0.25, 0.3) is 0 Å². The molecular formula is C14H21F2NO. The van der Waals surface area contributed by atoms with E-state index in [0.717, 1.165) is 19.0 Å². The van der Waals surface area contributed by atoms with Crippen LogP contribution in [0.2, 0.25) is 0 Å². The Labute approximate surface area is 107 Å². The average Bonchev–Trinajstić information content (AvgIpc) is 2.29. The van der Waals surface area contributed by atoms with Crippen molar-refractivity contribution in [1.82, 2.24) is 5.32 Å². The first-order valence-electron chi connectivity index (χ1n) is 6.31. The Kier molecular flexibility index (Phi) is 6.22. The number of ether oxygens (including phenoxy) is 1. The van der Waals surface area contributed by atoms with Crippen LogP contribution in [0.15, 0.2) is 18.2 Å².